The molecular weight excluding hydrogens is 318 g/mol. The van der Waals surface area contributed by atoms with Crippen LogP contribution in [0.2, 0.25) is 0 Å². The number of nitrogens with zero attached hydrogens (tertiary/aromatic N) is 4. The van der Waals surface area contributed by atoms with E-state index in [1.54, 1.807) is 12.3 Å². The Morgan fingerprint density at radius 3 is 2.71 bits per heavy atom. The number of hydrogen-bond donors (Lipinski definition) is 2. The van der Waals surface area contributed by atoms with Crippen LogP contribution < -0.4 is 16.0 Å². The standard InChI is InChI=1S/C15H16F2N6O/c16-15(17)3-7-23(8-4-15)12-2-5-19-9-11(12)21-13(24)10-1-6-20-14(18)22-10/h1-2,5-6,9H,3-4,7-8H2,(H,21,24)(H2,18,20,22). The molecule has 3 heterocycles. The van der Waals surface area contributed by atoms with Crippen LogP contribution in [-0.4, -0.2) is 39.9 Å². The predicted octanol–water partition coefficient (Wildman–Crippen LogP) is 1.94. The Hall–Kier alpha value is -2.84. The Bertz CT molecular complexity index is 744. The van der Waals surface area contributed by atoms with Crippen molar-refractivity contribution in [2.75, 3.05) is 29.0 Å². The summed E-state index contributed by atoms with van der Waals surface area (Å²) in [5, 5.41) is 2.70. The van der Waals surface area contributed by atoms with E-state index in [1.807, 2.05) is 4.90 Å². The van der Waals surface area contributed by atoms with E-state index in [2.05, 4.69) is 20.3 Å². The van der Waals surface area contributed by atoms with Gasteiger partial charge in [0, 0.05) is 38.3 Å². The predicted molar refractivity (Wildman–Crippen MR) is 85.0 cm³/mol. The second-order valence-corrected chi connectivity index (χ2v) is 5.49. The van der Waals surface area contributed by atoms with Gasteiger partial charge in [0.05, 0.1) is 17.6 Å². The van der Waals surface area contributed by atoms with Crippen molar-refractivity contribution in [2.24, 2.45) is 0 Å². The van der Waals surface area contributed by atoms with E-state index >= 15 is 0 Å². The van der Waals surface area contributed by atoms with Gasteiger partial charge in [-0.25, -0.2) is 18.7 Å². The van der Waals surface area contributed by atoms with Gasteiger partial charge < -0.3 is 16.0 Å². The Labute approximate surface area is 136 Å². The minimum atomic E-state index is -2.63. The number of carbonyl (C=O) groups excluding carboxylic acids is 1. The molecule has 0 saturated carbocycles. The van der Waals surface area contributed by atoms with Crippen molar-refractivity contribution in [3.8, 4) is 0 Å². The number of rotatable bonds is 3. The molecule has 0 bridgehead atoms. The first-order valence-electron chi connectivity index (χ1n) is 7.41. The third-order valence-corrected chi connectivity index (χ3v) is 3.79. The zero-order valence-electron chi connectivity index (χ0n) is 12.7. The van der Waals surface area contributed by atoms with E-state index in [1.165, 1.54) is 18.5 Å². The molecule has 0 unspecified atom stereocenters. The lowest BCUT2D eigenvalue weighted by Gasteiger charge is -2.34. The summed E-state index contributed by atoms with van der Waals surface area (Å²) in [6.07, 6.45) is 3.98. The number of halogens is 2. The van der Waals surface area contributed by atoms with Crippen molar-refractivity contribution in [3.05, 3.63) is 36.4 Å². The molecule has 1 saturated heterocycles. The van der Waals surface area contributed by atoms with Crippen LogP contribution in [0.3, 0.4) is 0 Å². The maximum atomic E-state index is 13.3. The highest BCUT2D eigenvalue weighted by Crippen LogP contribution is 2.33. The molecule has 0 aliphatic carbocycles. The molecule has 1 amide bonds. The van der Waals surface area contributed by atoms with E-state index < -0.39 is 11.8 Å². The van der Waals surface area contributed by atoms with Gasteiger partial charge in [0.2, 0.25) is 5.95 Å². The summed E-state index contributed by atoms with van der Waals surface area (Å²) in [4.78, 5) is 25.7. The van der Waals surface area contributed by atoms with Crippen molar-refractivity contribution >= 4 is 23.2 Å². The van der Waals surface area contributed by atoms with Gasteiger partial charge in [0.15, 0.2) is 0 Å². The smallest absolute Gasteiger partial charge is 0.274 e. The lowest BCUT2D eigenvalue weighted by molar-refractivity contribution is -0.0220. The van der Waals surface area contributed by atoms with E-state index in [4.69, 9.17) is 5.73 Å². The molecule has 1 fully saturated rings. The third-order valence-electron chi connectivity index (χ3n) is 3.79. The molecule has 3 rings (SSSR count). The van der Waals surface area contributed by atoms with Crippen LogP contribution in [0.15, 0.2) is 30.7 Å². The number of anilines is 3. The monoisotopic (exact) mass is 334 g/mol. The van der Waals surface area contributed by atoms with E-state index in [-0.39, 0.29) is 37.6 Å². The minimum Gasteiger partial charge on any atom is -0.369 e. The number of hydrogen-bond acceptors (Lipinski definition) is 6. The van der Waals surface area contributed by atoms with Gasteiger partial charge in [-0.2, -0.15) is 0 Å². The summed E-state index contributed by atoms with van der Waals surface area (Å²) < 4.78 is 26.7. The van der Waals surface area contributed by atoms with Crippen LogP contribution in [0.5, 0.6) is 0 Å². The number of nitrogen functional groups attached to an aromatic ring is 1. The van der Waals surface area contributed by atoms with Gasteiger partial charge in [-0.1, -0.05) is 0 Å². The molecule has 0 radical (unpaired) electrons. The fraction of sp³-hybridized carbons (Fsp3) is 0.333. The molecule has 1 aliphatic heterocycles. The van der Waals surface area contributed by atoms with Crippen LogP contribution in [0.25, 0.3) is 0 Å². The van der Waals surface area contributed by atoms with E-state index in [0.29, 0.717) is 11.4 Å². The molecule has 2 aromatic rings. The van der Waals surface area contributed by atoms with Crippen molar-refractivity contribution in [3.63, 3.8) is 0 Å². The Morgan fingerprint density at radius 2 is 2.00 bits per heavy atom. The SMILES string of the molecule is Nc1nccc(C(=O)Nc2cnccc2N2CCC(F)(F)CC2)n1. The van der Waals surface area contributed by atoms with Crippen molar-refractivity contribution in [1.29, 1.82) is 0 Å². The second kappa shape index (κ2) is 6.34. The van der Waals surface area contributed by atoms with Crippen LogP contribution in [0.1, 0.15) is 23.3 Å². The lowest BCUT2D eigenvalue weighted by atomic mass is 10.1. The van der Waals surface area contributed by atoms with Gasteiger partial charge in [-0.15, -0.1) is 0 Å². The number of pyridine rings is 1. The van der Waals surface area contributed by atoms with Crippen LogP contribution >= 0.6 is 0 Å². The van der Waals surface area contributed by atoms with Crippen LogP contribution in [-0.2, 0) is 0 Å². The van der Waals surface area contributed by atoms with Crippen LogP contribution in [0, 0.1) is 0 Å². The molecule has 0 aromatic carbocycles. The summed E-state index contributed by atoms with van der Waals surface area (Å²) in [5.41, 5.74) is 6.67. The Kier molecular flexibility index (Phi) is 4.24. The summed E-state index contributed by atoms with van der Waals surface area (Å²) in [6.45, 7) is 0.417. The van der Waals surface area contributed by atoms with Gasteiger partial charge in [-0.05, 0) is 12.1 Å². The zero-order valence-corrected chi connectivity index (χ0v) is 12.7. The lowest BCUT2D eigenvalue weighted by Crippen LogP contribution is -2.39. The van der Waals surface area contributed by atoms with E-state index in [0.717, 1.165) is 0 Å². The summed E-state index contributed by atoms with van der Waals surface area (Å²) in [5.74, 6) is -3.11. The summed E-state index contributed by atoms with van der Waals surface area (Å²) in [6, 6.07) is 3.12. The highest BCUT2D eigenvalue weighted by molar-refractivity contribution is 6.04. The topological polar surface area (TPSA) is 97.0 Å². The Morgan fingerprint density at radius 1 is 1.25 bits per heavy atom. The molecule has 2 aromatic heterocycles. The number of piperidine rings is 1. The Balaban J connectivity index is 1.78. The second-order valence-electron chi connectivity index (χ2n) is 5.49. The quantitative estimate of drug-likeness (QED) is 0.890. The fourth-order valence-electron chi connectivity index (χ4n) is 2.52. The molecule has 126 valence electrons. The maximum Gasteiger partial charge on any atom is 0.274 e. The third kappa shape index (κ3) is 3.55. The molecule has 3 N–H and O–H groups in total. The number of carbonyl (C=O) groups is 1. The molecule has 0 spiro atoms. The van der Waals surface area contributed by atoms with E-state index in [9.17, 15) is 13.6 Å². The first-order valence-corrected chi connectivity index (χ1v) is 7.41. The fourth-order valence-corrected chi connectivity index (χ4v) is 2.52. The van der Waals surface area contributed by atoms with Gasteiger partial charge in [0.25, 0.3) is 11.8 Å². The normalized spacial score (nSPS) is 16.7. The van der Waals surface area contributed by atoms with Gasteiger partial charge >= 0.3 is 0 Å². The number of amides is 1. The first kappa shape index (κ1) is 16.0. The molecular formula is C15H16F2N6O. The van der Waals surface area contributed by atoms with Crippen LogP contribution in [0.4, 0.5) is 26.1 Å². The van der Waals surface area contributed by atoms with Gasteiger partial charge in [-0.3, -0.25) is 9.78 Å². The average molecular weight is 334 g/mol. The minimum absolute atomic E-state index is 0.00711. The molecule has 0 atom stereocenters. The highest BCUT2D eigenvalue weighted by atomic mass is 19.3. The number of nitrogens with two attached hydrogens (primary N) is 1. The van der Waals surface area contributed by atoms with Crippen molar-refractivity contribution < 1.29 is 13.6 Å². The molecule has 24 heavy (non-hydrogen) atoms. The van der Waals surface area contributed by atoms with Crippen molar-refractivity contribution in [2.45, 2.75) is 18.8 Å². The first-order chi connectivity index (χ1) is 11.4. The van der Waals surface area contributed by atoms with Gasteiger partial charge in [0.1, 0.15) is 5.69 Å². The summed E-state index contributed by atoms with van der Waals surface area (Å²) in [7, 11) is 0. The van der Waals surface area contributed by atoms with Crippen molar-refractivity contribution in [1.82, 2.24) is 15.0 Å². The maximum absolute atomic E-state index is 13.3. The summed E-state index contributed by atoms with van der Waals surface area (Å²) >= 11 is 0. The molecule has 9 heteroatoms. The highest BCUT2D eigenvalue weighted by Gasteiger charge is 2.34. The molecule has 1 aliphatic rings. The largest absolute Gasteiger partial charge is 0.369 e. The number of alkyl halides is 2. The average Bonchev–Trinajstić information content (AvgIpc) is 2.56. The zero-order chi connectivity index (χ0) is 17.2. The number of aromatic nitrogens is 3. The molecule has 7 nitrogen and oxygen atoms in total. The number of nitrogens with one attached hydrogen (secondary N) is 1.